The Bertz CT molecular complexity index is 175. The maximum Gasteiger partial charge on any atom is 0.155 e. The van der Waals surface area contributed by atoms with Crippen LogP contribution in [0.5, 0.6) is 0 Å². The van der Waals surface area contributed by atoms with Gasteiger partial charge in [-0.3, -0.25) is 4.79 Å². The summed E-state index contributed by atoms with van der Waals surface area (Å²) in [6.45, 7) is 11.0. The molecule has 1 heteroatoms. The lowest BCUT2D eigenvalue weighted by atomic mass is 10.0. The van der Waals surface area contributed by atoms with Crippen molar-refractivity contribution in [2.45, 2.75) is 27.7 Å². The van der Waals surface area contributed by atoms with Crippen LogP contribution in [0.25, 0.3) is 0 Å². The van der Waals surface area contributed by atoms with E-state index in [1.54, 1.807) is 6.92 Å². The fraction of sp³-hybridized carbons (Fsp3) is 0.444. The summed E-state index contributed by atoms with van der Waals surface area (Å²) in [6.07, 6.45) is 0. The molecule has 0 aliphatic heterocycles. The minimum Gasteiger partial charge on any atom is -0.295 e. The van der Waals surface area contributed by atoms with Crippen LogP contribution in [0.2, 0.25) is 0 Å². The predicted octanol–water partition coefficient (Wildman–Crippen LogP) is 2.49. The summed E-state index contributed by atoms with van der Waals surface area (Å²) in [5, 5.41) is 0. The topological polar surface area (TPSA) is 17.1 Å². The van der Waals surface area contributed by atoms with Gasteiger partial charge in [-0.1, -0.05) is 12.2 Å². The molecule has 0 bridgehead atoms. The van der Waals surface area contributed by atoms with Crippen molar-refractivity contribution in [3.63, 3.8) is 0 Å². The number of hydrogen-bond donors (Lipinski definition) is 0. The number of ketones is 1. The molecule has 0 N–H and O–H groups in total. The number of Topliss-reactive ketones (excluding diaryl/α,β-unsaturated/α-hetero) is 1. The Hall–Kier alpha value is -0.850. The standard InChI is InChI=1S/C9H14O/c1-6(2)7(3)8(4)9(5)10/h1H2,2-5H3/b8-7-. The molecule has 0 saturated heterocycles. The first-order chi connectivity index (χ1) is 4.46. The van der Waals surface area contributed by atoms with E-state index in [0.717, 1.165) is 16.7 Å². The molecule has 0 aromatic carbocycles. The second-order valence-electron chi connectivity index (χ2n) is 2.59. The van der Waals surface area contributed by atoms with Gasteiger partial charge in [-0.2, -0.15) is 0 Å². The summed E-state index contributed by atoms with van der Waals surface area (Å²) in [6, 6.07) is 0. The molecule has 0 rings (SSSR count). The zero-order chi connectivity index (χ0) is 8.31. The van der Waals surface area contributed by atoms with Crippen molar-refractivity contribution < 1.29 is 4.79 Å². The number of allylic oxidation sites excluding steroid dienone is 3. The van der Waals surface area contributed by atoms with E-state index in [4.69, 9.17) is 0 Å². The molecule has 0 aliphatic rings. The van der Waals surface area contributed by atoms with E-state index in [-0.39, 0.29) is 5.78 Å². The van der Waals surface area contributed by atoms with Gasteiger partial charge in [0.1, 0.15) is 0 Å². The quantitative estimate of drug-likeness (QED) is 0.423. The molecule has 10 heavy (non-hydrogen) atoms. The molecule has 56 valence electrons. The highest BCUT2D eigenvalue weighted by molar-refractivity contribution is 5.93. The van der Waals surface area contributed by atoms with Crippen molar-refractivity contribution in [3.8, 4) is 0 Å². The molecular formula is C9H14O. The average Bonchev–Trinajstić information content (AvgIpc) is 1.84. The molecule has 0 amide bonds. The second-order valence-corrected chi connectivity index (χ2v) is 2.59. The van der Waals surface area contributed by atoms with Gasteiger partial charge in [0.15, 0.2) is 5.78 Å². The Morgan fingerprint density at radius 1 is 1.00 bits per heavy atom. The van der Waals surface area contributed by atoms with Gasteiger partial charge in [0.05, 0.1) is 0 Å². The Kier molecular flexibility index (Phi) is 3.07. The molecule has 0 aromatic rings. The van der Waals surface area contributed by atoms with Gasteiger partial charge in [0.25, 0.3) is 0 Å². The molecule has 0 aliphatic carbocycles. The Balaban J connectivity index is 4.67. The lowest BCUT2D eigenvalue weighted by Crippen LogP contribution is -1.95. The minimum absolute atomic E-state index is 0.125. The van der Waals surface area contributed by atoms with E-state index in [1.807, 2.05) is 20.8 Å². The maximum atomic E-state index is 10.8. The van der Waals surface area contributed by atoms with Gasteiger partial charge in [-0.15, -0.1) is 0 Å². The van der Waals surface area contributed by atoms with E-state index in [0.29, 0.717) is 0 Å². The average molecular weight is 138 g/mol. The van der Waals surface area contributed by atoms with Gasteiger partial charge >= 0.3 is 0 Å². The van der Waals surface area contributed by atoms with Crippen LogP contribution in [0, 0.1) is 0 Å². The SMILES string of the molecule is C=C(C)/C(C)=C(/C)C(C)=O. The van der Waals surface area contributed by atoms with Crippen LogP contribution in [0.3, 0.4) is 0 Å². The van der Waals surface area contributed by atoms with Gasteiger partial charge in [-0.25, -0.2) is 0 Å². The molecule has 0 fully saturated rings. The Morgan fingerprint density at radius 2 is 1.40 bits per heavy atom. The van der Waals surface area contributed by atoms with Crippen molar-refractivity contribution in [3.05, 3.63) is 23.3 Å². The van der Waals surface area contributed by atoms with Crippen molar-refractivity contribution in [2.24, 2.45) is 0 Å². The highest BCUT2D eigenvalue weighted by Gasteiger charge is 2.00. The smallest absolute Gasteiger partial charge is 0.155 e. The molecule has 0 spiro atoms. The van der Waals surface area contributed by atoms with Crippen molar-refractivity contribution in [1.82, 2.24) is 0 Å². The molecule has 0 radical (unpaired) electrons. The first-order valence-corrected chi connectivity index (χ1v) is 3.31. The number of rotatable bonds is 2. The molecule has 0 aromatic heterocycles. The normalized spacial score (nSPS) is 12.4. The summed E-state index contributed by atoms with van der Waals surface area (Å²) in [5.41, 5.74) is 2.78. The number of carbonyl (C=O) groups is 1. The third-order valence-corrected chi connectivity index (χ3v) is 1.73. The van der Waals surface area contributed by atoms with E-state index >= 15 is 0 Å². The lowest BCUT2D eigenvalue weighted by molar-refractivity contribution is -0.113. The van der Waals surface area contributed by atoms with Crippen LogP contribution in [0.15, 0.2) is 23.3 Å². The molecule has 0 atom stereocenters. The summed E-state index contributed by atoms with van der Waals surface area (Å²) < 4.78 is 0. The Labute approximate surface area is 62.4 Å². The fourth-order valence-electron chi connectivity index (χ4n) is 0.584. The van der Waals surface area contributed by atoms with Crippen molar-refractivity contribution in [1.29, 1.82) is 0 Å². The zero-order valence-corrected chi connectivity index (χ0v) is 7.12. The number of hydrogen-bond acceptors (Lipinski definition) is 1. The minimum atomic E-state index is 0.125. The highest BCUT2D eigenvalue weighted by atomic mass is 16.1. The molecular weight excluding hydrogens is 124 g/mol. The summed E-state index contributed by atoms with van der Waals surface area (Å²) in [5.74, 6) is 0.125. The third kappa shape index (κ3) is 2.18. The van der Waals surface area contributed by atoms with Gasteiger partial charge < -0.3 is 0 Å². The first kappa shape index (κ1) is 9.15. The highest BCUT2D eigenvalue weighted by Crippen LogP contribution is 2.11. The van der Waals surface area contributed by atoms with Gasteiger partial charge in [0.2, 0.25) is 0 Å². The van der Waals surface area contributed by atoms with E-state index in [9.17, 15) is 4.79 Å². The lowest BCUT2D eigenvalue weighted by Gasteiger charge is -2.02. The van der Waals surface area contributed by atoms with Gasteiger partial charge in [0, 0.05) is 0 Å². The summed E-state index contributed by atoms with van der Waals surface area (Å²) in [4.78, 5) is 10.8. The van der Waals surface area contributed by atoms with Crippen molar-refractivity contribution in [2.75, 3.05) is 0 Å². The predicted molar refractivity (Wildman–Crippen MR) is 43.9 cm³/mol. The summed E-state index contributed by atoms with van der Waals surface area (Å²) >= 11 is 0. The van der Waals surface area contributed by atoms with Crippen LogP contribution in [-0.4, -0.2) is 5.78 Å². The fourth-order valence-corrected chi connectivity index (χ4v) is 0.584. The largest absolute Gasteiger partial charge is 0.295 e. The van der Waals surface area contributed by atoms with Crippen LogP contribution in [-0.2, 0) is 4.79 Å². The zero-order valence-electron chi connectivity index (χ0n) is 7.12. The second kappa shape index (κ2) is 3.35. The third-order valence-electron chi connectivity index (χ3n) is 1.73. The van der Waals surface area contributed by atoms with Crippen LogP contribution in [0.4, 0.5) is 0 Å². The first-order valence-electron chi connectivity index (χ1n) is 3.31. The molecule has 1 nitrogen and oxygen atoms in total. The Morgan fingerprint density at radius 3 is 1.50 bits per heavy atom. The monoisotopic (exact) mass is 138 g/mol. The molecule has 0 saturated carbocycles. The van der Waals surface area contributed by atoms with Crippen molar-refractivity contribution >= 4 is 5.78 Å². The van der Waals surface area contributed by atoms with E-state index < -0.39 is 0 Å². The van der Waals surface area contributed by atoms with E-state index in [2.05, 4.69) is 6.58 Å². The van der Waals surface area contributed by atoms with Gasteiger partial charge in [-0.05, 0) is 38.8 Å². The molecule has 0 unspecified atom stereocenters. The van der Waals surface area contributed by atoms with Crippen LogP contribution in [0.1, 0.15) is 27.7 Å². The van der Waals surface area contributed by atoms with E-state index in [1.165, 1.54) is 0 Å². The maximum absolute atomic E-state index is 10.8. The van der Waals surface area contributed by atoms with Crippen LogP contribution < -0.4 is 0 Å². The molecule has 0 heterocycles. The number of carbonyl (C=O) groups excluding carboxylic acids is 1. The summed E-state index contributed by atoms with van der Waals surface area (Å²) in [7, 11) is 0. The van der Waals surface area contributed by atoms with Crippen LogP contribution >= 0.6 is 0 Å².